The van der Waals surface area contributed by atoms with Crippen molar-refractivity contribution < 1.29 is 19.4 Å². The molecule has 1 aliphatic heterocycles. The van der Waals surface area contributed by atoms with Gasteiger partial charge in [0.2, 0.25) is 11.9 Å². The lowest BCUT2D eigenvalue weighted by atomic mass is 10.1. The first-order valence-corrected chi connectivity index (χ1v) is 9.39. The van der Waals surface area contributed by atoms with Gasteiger partial charge in [-0.2, -0.15) is 4.98 Å². The number of fused-ring (bicyclic) bond motifs is 1. The number of aromatic nitrogens is 2. The second-order valence-electron chi connectivity index (χ2n) is 7.07. The van der Waals surface area contributed by atoms with Gasteiger partial charge in [0.05, 0.1) is 24.6 Å². The van der Waals surface area contributed by atoms with Gasteiger partial charge in [-0.1, -0.05) is 6.92 Å². The summed E-state index contributed by atoms with van der Waals surface area (Å²) in [7, 11) is 3.19. The molecule has 9 heteroatoms. The van der Waals surface area contributed by atoms with Crippen molar-refractivity contribution in [2.75, 3.05) is 29.3 Å². The van der Waals surface area contributed by atoms with E-state index in [2.05, 4.69) is 15.3 Å². The predicted molar refractivity (Wildman–Crippen MR) is 110 cm³/mol. The van der Waals surface area contributed by atoms with Crippen LogP contribution in [-0.2, 0) is 4.79 Å². The van der Waals surface area contributed by atoms with Crippen LogP contribution in [-0.4, -0.2) is 53.2 Å². The summed E-state index contributed by atoms with van der Waals surface area (Å²) in [6.45, 7) is 6.02. The van der Waals surface area contributed by atoms with Crippen LogP contribution >= 0.6 is 0 Å². The van der Waals surface area contributed by atoms with Gasteiger partial charge < -0.3 is 25.0 Å². The van der Waals surface area contributed by atoms with Crippen LogP contribution in [0.1, 0.15) is 37.6 Å². The van der Waals surface area contributed by atoms with Crippen LogP contribution in [0, 0.1) is 0 Å². The molecule has 0 aliphatic carbocycles. The first-order valence-electron chi connectivity index (χ1n) is 9.39. The summed E-state index contributed by atoms with van der Waals surface area (Å²) in [5.74, 6) is 0.348. The van der Waals surface area contributed by atoms with Gasteiger partial charge in [0.15, 0.2) is 5.82 Å². The summed E-state index contributed by atoms with van der Waals surface area (Å²) in [5.41, 5.74) is 1.31. The van der Waals surface area contributed by atoms with Crippen LogP contribution in [0.5, 0.6) is 5.75 Å². The van der Waals surface area contributed by atoms with Gasteiger partial charge in [-0.15, -0.1) is 0 Å². The van der Waals surface area contributed by atoms with Crippen LogP contribution < -0.4 is 19.9 Å². The van der Waals surface area contributed by atoms with Crippen molar-refractivity contribution in [2.24, 2.45) is 0 Å². The molecule has 1 amide bonds. The van der Waals surface area contributed by atoms with E-state index in [1.807, 2.05) is 25.7 Å². The molecule has 1 aromatic heterocycles. The molecule has 1 atom stereocenters. The van der Waals surface area contributed by atoms with Crippen molar-refractivity contribution in [3.05, 3.63) is 30.0 Å². The molecular weight excluding hydrogens is 374 g/mol. The molecule has 2 aromatic rings. The number of carboxylic acid groups (broad SMARTS) is 1. The highest BCUT2D eigenvalue weighted by Gasteiger charge is 2.38. The number of benzene rings is 1. The minimum Gasteiger partial charge on any atom is -0.495 e. The summed E-state index contributed by atoms with van der Waals surface area (Å²) in [5, 5.41) is 12.2. The minimum absolute atomic E-state index is 0.0175. The lowest BCUT2D eigenvalue weighted by Crippen LogP contribution is -2.54. The lowest BCUT2D eigenvalue weighted by molar-refractivity contribution is -0.120. The third-order valence-corrected chi connectivity index (χ3v) is 4.95. The van der Waals surface area contributed by atoms with Crippen LogP contribution in [0.25, 0.3) is 0 Å². The van der Waals surface area contributed by atoms with E-state index in [0.717, 1.165) is 0 Å². The SMILES string of the molecule is CCC1C(=O)N(C)c2cnc(Nc3ccc(C(=O)O)cc3OC)nc2N1C(C)C. The maximum atomic E-state index is 12.7. The van der Waals surface area contributed by atoms with Crippen molar-refractivity contribution in [1.82, 2.24) is 9.97 Å². The predicted octanol–water partition coefficient (Wildman–Crippen LogP) is 2.90. The number of nitrogens with one attached hydrogen (secondary N) is 1. The number of amides is 1. The fourth-order valence-electron chi connectivity index (χ4n) is 3.49. The molecule has 1 aromatic carbocycles. The Morgan fingerprint density at radius 2 is 2.10 bits per heavy atom. The lowest BCUT2D eigenvalue weighted by Gasteiger charge is -2.42. The zero-order valence-electron chi connectivity index (χ0n) is 17.1. The summed E-state index contributed by atoms with van der Waals surface area (Å²) in [6.07, 6.45) is 2.28. The number of ether oxygens (including phenoxy) is 1. The van der Waals surface area contributed by atoms with Gasteiger partial charge >= 0.3 is 5.97 Å². The molecule has 1 aliphatic rings. The fraction of sp³-hybridized carbons (Fsp3) is 0.400. The highest BCUT2D eigenvalue weighted by atomic mass is 16.5. The maximum Gasteiger partial charge on any atom is 0.335 e. The van der Waals surface area contributed by atoms with E-state index in [1.54, 1.807) is 24.2 Å². The molecule has 0 fully saturated rings. The van der Waals surface area contributed by atoms with E-state index in [9.17, 15) is 9.59 Å². The smallest absolute Gasteiger partial charge is 0.335 e. The van der Waals surface area contributed by atoms with Crippen LogP contribution in [0.3, 0.4) is 0 Å². The molecule has 9 nitrogen and oxygen atoms in total. The molecular formula is C20H25N5O4. The number of likely N-dealkylation sites (N-methyl/N-ethyl adjacent to an activating group) is 1. The summed E-state index contributed by atoms with van der Waals surface area (Å²) >= 11 is 0. The molecule has 2 N–H and O–H groups in total. The normalized spacial score (nSPS) is 16.1. The monoisotopic (exact) mass is 399 g/mol. The topological polar surface area (TPSA) is 108 Å². The molecule has 3 rings (SSSR count). The molecule has 154 valence electrons. The number of methoxy groups -OCH3 is 1. The van der Waals surface area contributed by atoms with Gasteiger partial charge in [0, 0.05) is 13.1 Å². The zero-order chi connectivity index (χ0) is 21.3. The second-order valence-corrected chi connectivity index (χ2v) is 7.07. The van der Waals surface area contributed by atoms with E-state index in [4.69, 9.17) is 9.84 Å². The van der Waals surface area contributed by atoms with Crippen LogP contribution in [0.15, 0.2) is 24.4 Å². The Balaban J connectivity index is 2.01. The number of carbonyl (C=O) groups excluding carboxylic acids is 1. The van der Waals surface area contributed by atoms with Gasteiger partial charge in [-0.25, -0.2) is 9.78 Å². The Hall–Kier alpha value is -3.36. The highest BCUT2D eigenvalue weighted by Crippen LogP contribution is 2.37. The number of rotatable bonds is 6. The largest absolute Gasteiger partial charge is 0.495 e. The summed E-state index contributed by atoms with van der Waals surface area (Å²) in [6, 6.07) is 4.30. The van der Waals surface area contributed by atoms with Crippen molar-refractivity contribution in [2.45, 2.75) is 39.3 Å². The Morgan fingerprint density at radius 1 is 1.38 bits per heavy atom. The van der Waals surface area contributed by atoms with E-state index in [1.165, 1.54) is 19.2 Å². The van der Waals surface area contributed by atoms with Crippen molar-refractivity contribution in [3.63, 3.8) is 0 Å². The number of aromatic carboxylic acids is 1. The first kappa shape index (κ1) is 20.4. The molecule has 0 saturated heterocycles. The number of nitrogens with zero attached hydrogens (tertiary/aromatic N) is 4. The molecule has 29 heavy (non-hydrogen) atoms. The number of hydrogen-bond donors (Lipinski definition) is 2. The van der Waals surface area contributed by atoms with Gasteiger partial charge in [0.25, 0.3) is 0 Å². The maximum absolute atomic E-state index is 12.7. The Morgan fingerprint density at radius 3 is 2.69 bits per heavy atom. The van der Waals surface area contributed by atoms with Crippen LogP contribution in [0.4, 0.5) is 23.1 Å². The fourth-order valence-corrected chi connectivity index (χ4v) is 3.49. The average Bonchev–Trinajstić information content (AvgIpc) is 2.70. The van der Waals surface area contributed by atoms with E-state index >= 15 is 0 Å². The Bertz CT molecular complexity index is 946. The summed E-state index contributed by atoms with van der Waals surface area (Å²) in [4.78, 5) is 36.5. The number of anilines is 4. The number of hydrogen-bond acceptors (Lipinski definition) is 7. The van der Waals surface area contributed by atoms with E-state index < -0.39 is 5.97 Å². The molecule has 0 bridgehead atoms. The molecule has 0 saturated carbocycles. The summed E-state index contributed by atoms with van der Waals surface area (Å²) < 4.78 is 5.30. The van der Waals surface area contributed by atoms with Crippen molar-refractivity contribution in [1.29, 1.82) is 0 Å². The second kappa shape index (κ2) is 7.94. The van der Waals surface area contributed by atoms with Crippen LogP contribution in [0.2, 0.25) is 0 Å². The zero-order valence-corrected chi connectivity index (χ0v) is 17.1. The Kier molecular flexibility index (Phi) is 5.58. The molecule has 2 heterocycles. The van der Waals surface area contributed by atoms with Gasteiger partial charge in [0.1, 0.15) is 17.5 Å². The minimum atomic E-state index is -1.04. The average molecular weight is 399 g/mol. The van der Waals surface area contributed by atoms with Gasteiger partial charge in [-0.3, -0.25) is 4.79 Å². The van der Waals surface area contributed by atoms with Crippen molar-refractivity contribution in [3.8, 4) is 5.75 Å². The first-order chi connectivity index (χ1) is 13.8. The number of carbonyl (C=O) groups is 2. The molecule has 1 unspecified atom stereocenters. The molecule has 0 spiro atoms. The quantitative estimate of drug-likeness (QED) is 0.763. The number of carboxylic acids is 1. The van der Waals surface area contributed by atoms with Gasteiger partial charge in [-0.05, 0) is 38.5 Å². The highest BCUT2D eigenvalue weighted by molar-refractivity contribution is 6.04. The Labute approximate surface area is 169 Å². The molecule has 0 radical (unpaired) electrons. The third kappa shape index (κ3) is 3.67. The van der Waals surface area contributed by atoms with E-state index in [-0.39, 0.29) is 23.6 Å². The standard InChI is InChI=1S/C20H25N5O4/c1-6-14-18(26)24(4)15-10-21-20(23-17(15)25(14)11(2)3)22-13-8-7-12(19(27)28)9-16(13)29-5/h7-11,14H,6H2,1-5H3,(H,27,28)(H,21,22,23). The van der Waals surface area contributed by atoms with Crippen molar-refractivity contribution >= 4 is 35.0 Å². The van der Waals surface area contributed by atoms with E-state index in [0.29, 0.717) is 35.3 Å². The third-order valence-electron chi connectivity index (χ3n) is 4.95.